The number of carbonyl (C=O) groups is 1. The molecule has 1 amide bonds. The molecule has 24 heavy (non-hydrogen) atoms. The highest BCUT2D eigenvalue weighted by Crippen LogP contribution is 2.46. The molecule has 0 fully saturated rings. The average Bonchev–Trinajstić information content (AvgIpc) is 2.76. The SMILES string of the molecule is COc1cc(-c2cc3c(cc2F)C(NC(=O)O)C(C)(C)C3)ccn1. The highest BCUT2D eigenvalue weighted by atomic mass is 19.1. The van der Waals surface area contributed by atoms with Gasteiger partial charge < -0.3 is 15.2 Å². The average molecular weight is 330 g/mol. The number of pyridine rings is 1. The number of rotatable bonds is 3. The Labute approximate surface area is 139 Å². The van der Waals surface area contributed by atoms with Crippen LogP contribution < -0.4 is 10.1 Å². The summed E-state index contributed by atoms with van der Waals surface area (Å²) in [4.78, 5) is 15.1. The second-order valence-corrected chi connectivity index (χ2v) is 6.67. The fraction of sp³-hybridized carbons (Fsp3) is 0.333. The van der Waals surface area contributed by atoms with Crippen LogP contribution in [0.15, 0.2) is 30.5 Å². The van der Waals surface area contributed by atoms with Crippen LogP contribution in [-0.4, -0.2) is 23.3 Å². The van der Waals surface area contributed by atoms with Crippen molar-refractivity contribution < 1.29 is 19.0 Å². The maximum Gasteiger partial charge on any atom is 0.405 e. The zero-order valence-electron chi connectivity index (χ0n) is 13.8. The van der Waals surface area contributed by atoms with E-state index in [0.29, 0.717) is 29.0 Å². The molecule has 0 aliphatic heterocycles. The summed E-state index contributed by atoms with van der Waals surface area (Å²) in [6, 6.07) is 6.20. The lowest BCUT2D eigenvalue weighted by Crippen LogP contribution is -2.34. The number of carboxylic acid groups (broad SMARTS) is 1. The van der Waals surface area contributed by atoms with Gasteiger partial charge in [-0.25, -0.2) is 14.2 Å². The molecule has 3 rings (SSSR count). The van der Waals surface area contributed by atoms with Crippen molar-refractivity contribution in [2.45, 2.75) is 26.3 Å². The number of aromatic nitrogens is 1. The predicted octanol–water partition coefficient (Wildman–Crippen LogP) is 3.79. The summed E-state index contributed by atoms with van der Waals surface area (Å²) in [5.41, 5.74) is 2.47. The number of fused-ring (bicyclic) bond motifs is 1. The molecule has 2 N–H and O–H groups in total. The molecule has 2 aromatic rings. The standard InChI is InChI=1S/C18H19FN2O3/c1-18(2)9-11-6-12(10-4-5-20-15(7-10)24-3)14(19)8-13(11)16(18)21-17(22)23/h4-8,16,21H,9H2,1-3H3,(H,22,23). The fourth-order valence-corrected chi connectivity index (χ4v) is 3.38. The number of nitrogens with zero attached hydrogens (tertiary/aromatic N) is 1. The summed E-state index contributed by atoms with van der Waals surface area (Å²) in [6.45, 7) is 3.95. The molecule has 0 saturated carbocycles. The van der Waals surface area contributed by atoms with Crippen molar-refractivity contribution in [2.75, 3.05) is 7.11 Å². The molecule has 0 saturated heterocycles. The molecule has 5 nitrogen and oxygen atoms in total. The van der Waals surface area contributed by atoms with Crippen LogP contribution in [0.1, 0.15) is 31.0 Å². The van der Waals surface area contributed by atoms with Gasteiger partial charge in [0, 0.05) is 17.8 Å². The van der Waals surface area contributed by atoms with Crippen LogP contribution in [0, 0.1) is 11.2 Å². The van der Waals surface area contributed by atoms with E-state index in [4.69, 9.17) is 9.84 Å². The number of nitrogens with one attached hydrogen (secondary N) is 1. The third kappa shape index (κ3) is 2.79. The van der Waals surface area contributed by atoms with Gasteiger partial charge >= 0.3 is 6.09 Å². The largest absolute Gasteiger partial charge is 0.481 e. The molecule has 1 aliphatic carbocycles. The van der Waals surface area contributed by atoms with Gasteiger partial charge in [-0.3, -0.25) is 0 Å². The number of benzene rings is 1. The molecule has 0 radical (unpaired) electrons. The third-order valence-corrected chi connectivity index (χ3v) is 4.49. The van der Waals surface area contributed by atoms with Crippen LogP contribution in [0.4, 0.5) is 9.18 Å². The summed E-state index contributed by atoms with van der Waals surface area (Å²) in [7, 11) is 1.51. The van der Waals surface area contributed by atoms with Gasteiger partial charge in [0.15, 0.2) is 0 Å². The Morgan fingerprint density at radius 3 is 2.83 bits per heavy atom. The molecule has 1 unspecified atom stereocenters. The maximum absolute atomic E-state index is 14.7. The van der Waals surface area contributed by atoms with Gasteiger partial charge in [0.2, 0.25) is 5.88 Å². The van der Waals surface area contributed by atoms with E-state index in [-0.39, 0.29) is 5.41 Å². The van der Waals surface area contributed by atoms with Gasteiger partial charge in [-0.2, -0.15) is 0 Å². The second-order valence-electron chi connectivity index (χ2n) is 6.67. The van der Waals surface area contributed by atoms with Crippen LogP contribution in [0.25, 0.3) is 11.1 Å². The molecular weight excluding hydrogens is 311 g/mol. The maximum atomic E-state index is 14.7. The van der Waals surface area contributed by atoms with Crippen LogP contribution in [0.3, 0.4) is 0 Å². The smallest absolute Gasteiger partial charge is 0.405 e. The Balaban J connectivity index is 2.07. The first-order valence-electron chi connectivity index (χ1n) is 7.64. The summed E-state index contributed by atoms with van der Waals surface area (Å²) in [5.74, 6) is 0.0232. The highest BCUT2D eigenvalue weighted by molar-refractivity contribution is 5.69. The van der Waals surface area contributed by atoms with Crippen molar-refractivity contribution in [3.8, 4) is 17.0 Å². The van der Waals surface area contributed by atoms with Crippen LogP contribution in [0.2, 0.25) is 0 Å². The molecule has 6 heteroatoms. The first kappa shape index (κ1) is 16.2. The number of ether oxygens (including phenoxy) is 1. The first-order chi connectivity index (χ1) is 11.3. The van der Waals surface area contributed by atoms with Gasteiger partial charge in [0.1, 0.15) is 5.82 Å². The Hall–Kier alpha value is -2.63. The Kier molecular flexibility index (Phi) is 3.91. The van der Waals surface area contributed by atoms with E-state index in [0.717, 1.165) is 5.56 Å². The topological polar surface area (TPSA) is 71.5 Å². The Morgan fingerprint density at radius 1 is 1.42 bits per heavy atom. The van der Waals surface area contributed by atoms with Crippen molar-refractivity contribution in [1.29, 1.82) is 0 Å². The molecule has 1 heterocycles. The van der Waals surface area contributed by atoms with E-state index >= 15 is 0 Å². The molecule has 0 spiro atoms. The highest BCUT2D eigenvalue weighted by Gasteiger charge is 2.40. The molecule has 1 aliphatic rings. The van der Waals surface area contributed by atoms with Gasteiger partial charge in [0.25, 0.3) is 0 Å². The van der Waals surface area contributed by atoms with Crippen molar-refractivity contribution in [3.63, 3.8) is 0 Å². The monoisotopic (exact) mass is 330 g/mol. The molecule has 1 aromatic heterocycles. The lowest BCUT2D eigenvalue weighted by molar-refractivity contribution is 0.175. The minimum Gasteiger partial charge on any atom is -0.481 e. The summed E-state index contributed by atoms with van der Waals surface area (Å²) >= 11 is 0. The zero-order chi connectivity index (χ0) is 17.5. The number of methoxy groups -OCH3 is 1. The van der Waals surface area contributed by atoms with E-state index in [2.05, 4.69) is 10.3 Å². The minimum absolute atomic E-state index is 0.318. The molecular formula is C18H19FN2O3. The molecule has 1 aromatic carbocycles. The van der Waals surface area contributed by atoms with Crippen molar-refractivity contribution in [2.24, 2.45) is 5.41 Å². The van der Waals surface area contributed by atoms with E-state index in [1.54, 1.807) is 24.4 Å². The molecule has 1 atom stereocenters. The first-order valence-corrected chi connectivity index (χ1v) is 7.64. The molecule has 0 bridgehead atoms. The lowest BCUT2D eigenvalue weighted by Gasteiger charge is -2.27. The summed E-state index contributed by atoms with van der Waals surface area (Å²) < 4.78 is 19.8. The third-order valence-electron chi connectivity index (χ3n) is 4.49. The van der Waals surface area contributed by atoms with E-state index in [1.807, 2.05) is 13.8 Å². The van der Waals surface area contributed by atoms with E-state index in [9.17, 15) is 9.18 Å². The van der Waals surface area contributed by atoms with Crippen molar-refractivity contribution >= 4 is 6.09 Å². The van der Waals surface area contributed by atoms with E-state index < -0.39 is 18.0 Å². The normalized spacial score (nSPS) is 18.1. The molecule has 126 valence electrons. The number of hydrogen-bond donors (Lipinski definition) is 2. The quantitative estimate of drug-likeness (QED) is 0.898. The van der Waals surface area contributed by atoms with Gasteiger partial charge in [-0.05, 0) is 46.7 Å². The van der Waals surface area contributed by atoms with Crippen molar-refractivity contribution in [3.05, 3.63) is 47.4 Å². The Morgan fingerprint density at radius 2 is 2.17 bits per heavy atom. The summed E-state index contributed by atoms with van der Waals surface area (Å²) in [5, 5.41) is 11.6. The number of amides is 1. The zero-order valence-corrected chi connectivity index (χ0v) is 13.8. The van der Waals surface area contributed by atoms with Gasteiger partial charge in [-0.15, -0.1) is 0 Å². The van der Waals surface area contributed by atoms with Gasteiger partial charge in [-0.1, -0.05) is 13.8 Å². The second kappa shape index (κ2) is 5.78. The minimum atomic E-state index is -1.11. The lowest BCUT2D eigenvalue weighted by atomic mass is 9.85. The van der Waals surface area contributed by atoms with E-state index in [1.165, 1.54) is 13.2 Å². The van der Waals surface area contributed by atoms with Crippen LogP contribution in [0.5, 0.6) is 5.88 Å². The number of halogens is 1. The fourth-order valence-electron chi connectivity index (χ4n) is 3.38. The Bertz CT molecular complexity index is 805. The predicted molar refractivity (Wildman–Crippen MR) is 87.6 cm³/mol. The van der Waals surface area contributed by atoms with Gasteiger partial charge in [0.05, 0.1) is 13.2 Å². The van der Waals surface area contributed by atoms with Crippen LogP contribution in [-0.2, 0) is 6.42 Å². The summed E-state index contributed by atoms with van der Waals surface area (Å²) in [6.07, 6.45) is 1.13. The van der Waals surface area contributed by atoms with Crippen molar-refractivity contribution in [1.82, 2.24) is 10.3 Å². The number of hydrogen-bond acceptors (Lipinski definition) is 3. The van der Waals surface area contributed by atoms with Crippen LogP contribution >= 0.6 is 0 Å².